The van der Waals surface area contributed by atoms with Gasteiger partial charge in [0.1, 0.15) is 16.7 Å². The van der Waals surface area contributed by atoms with Crippen molar-refractivity contribution in [1.29, 1.82) is 0 Å². The molecule has 0 bridgehead atoms. The molecule has 0 atom stereocenters. The van der Waals surface area contributed by atoms with Gasteiger partial charge in [0, 0.05) is 43.8 Å². The summed E-state index contributed by atoms with van der Waals surface area (Å²) in [6, 6.07) is 62.8. The van der Waals surface area contributed by atoms with Crippen LogP contribution in [-0.2, 0) is 5.41 Å². The van der Waals surface area contributed by atoms with Crippen LogP contribution in [0.5, 0.6) is 0 Å². The number of nitrogens with zero attached hydrogens (tertiary/aromatic N) is 1. The monoisotopic (exact) mass is 693 g/mol. The van der Waals surface area contributed by atoms with E-state index in [1.165, 1.54) is 22.3 Å². The van der Waals surface area contributed by atoms with Crippen molar-refractivity contribution >= 4 is 60.9 Å². The van der Waals surface area contributed by atoms with Crippen LogP contribution < -0.4 is 4.90 Å². The lowest BCUT2D eigenvalue weighted by molar-refractivity contribution is 0.660. The first-order chi connectivity index (χ1) is 26.6. The third kappa shape index (κ3) is 4.42. The van der Waals surface area contributed by atoms with E-state index in [9.17, 15) is 0 Å². The van der Waals surface area contributed by atoms with Crippen LogP contribution in [0, 0.1) is 0 Å². The van der Waals surface area contributed by atoms with Gasteiger partial charge in [-0.2, -0.15) is 0 Å². The highest BCUT2D eigenvalue weighted by molar-refractivity contribution is 6.20. The maximum atomic E-state index is 7.00. The normalized spacial score (nSPS) is 13.1. The molecule has 8 aromatic carbocycles. The zero-order valence-electron chi connectivity index (χ0n) is 30.0. The van der Waals surface area contributed by atoms with Gasteiger partial charge in [0.15, 0.2) is 5.58 Å². The lowest BCUT2D eigenvalue weighted by Crippen LogP contribution is -2.17. The van der Waals surface area contributed by atoms with Crippen LogP contribution in [0.2, 0.25) is 0 Å². The third-order valence-corrected chi connectivity index (χ3v) is 11.5. The second-order valence-corrected chi connectivity index (χ2v) is 14.8. The fourth-order valence-corrected chi connectivity index (χ4v) is 8.94. The van der Waals surface area contributed by atoms with Gasteiger partial charge in [-0.15, -0.1) is 0 Å². The number of para-hydroxylation sites is 4. The highest BCUT2D eigenvalue weighted by atomic mass is 16.3. The Morgan fingerprint density at radius 3 is 1.87 bits per heavy atom. The van der Waals surface area contributed by atoms with Crippen molar-refractivity contribution < 1.29 is 8.83 Å². The van der Waals surface area contributed by atoms with Crippen LogP contribution in [0.3, 0.4) is 0 Å². The lowest BCUT2D eigenvalue weighted by Gasteiger charge is -2.30. The minimum Gasteiger partial charge on any atom is -0.455 e. The molecule has 0 fully saturated rings. The molecule has 0 spiro atoms. The van der Waals surface area contributed by atoms with E-state index in [4.69, 9.17) is 8.83 Å². The number of fused-ring (bicyclic) bond motifs is 9. The summed E-state index contributed by atoms with van der Waals surface area (Å²) >= 11 is 0. The average molecular weight is 694 g/mol. The smallest absolute Gasteiger partial charge is 0.160 e. The molecule has 0 saturated heterocycles. The van der Waals surface area contributed by atoms with Crippen LogP contribution in [0.15, 0.2) is 185 Å². The second-order valence-electron chi connectivity index (χ2n) is 14.8. The second kappa shape index (κ2) is 11.6. The molecule has 0 amide bonds. The quantitative estimate of drug-likeness (QED) is 0.180. The molecule has 3 heteroatoms. The summed E-state index contributed by atoms with van der Waals surface area (Å²) in [7, 11) is 0. The van der Waals surface area contributed by atoms with E-state index < -0.39 is 0 Å². The van der Waals surface area contributed by atoms with Crippen molar-refractivity contribution in [2.45, 2.75) is 19.3 Å². The molecule has 10 aromatic rings. The molecule has 1 aliphatic rings. The maximum Gasteiger partial charge on any atom is 0.160 e. The van der Waals surface area contributed by atoms with E-state index >= 15 is 0 Å². The van der Waals surface area contributed by atoms with Crippen LogP contribution in [0.1, 0.15) is 25.0 Å². The van der Waals surface area contributed by atoms with Crippen molar-refractivity contribution in [2.24, 2.45) is 0 Å². The fourth-order valence-electron chi connectivity index (χ4n) is 8.94. The van der Waals surface area contributed by atoms with E-state index in [2.05, 4.69) is 176 Å². The molecule has 2 aromatic heterocycles. The van der Waals surface area contributed by atoms with E-state index in [-0.39, 0.29) is 5.41 Å². The minimum absolute atomic E-state index is 0.156. The molecule has 0 saturated carbocycles. The van der Waals surface area contributed by atoms with Gasteiger partial charge in [0.05, 0.1) is 11.4 Å². The van der Waals surface area contributed by atoms with Crippen LogP contribution in [-0.4, -0.2) is 0 Å². The van der Waals surface area contributed by atoms with Crippen LogP contribution in [0.25, 0.3) is 77.3 Å². The van der Waals surface area contributed by atoms with Gasteiger partial charge in [0.2, 0.25) is 0 Å². The summed E-state index contributed by atoms with van der Waals surface area (Å²) in [5, 5.41) is 4.35. The third-order valence-electron chi connectivity index (χ3n) is 11.5. The Labute approximate surface area is 313 Å². The average Bonchev–Trinajstić information content (AvgIpc) is 3.87. The Balaban J connectivity index is 1.21. The van der Waals surface area contributed by atoms with E-state index in [0.717, 1.165) is 83.2 Å². The number of rotatable bonds is 5. The Morgan fingerprint density at radius 2 is 1.02 bits per heavy atom. The molecule has 1 aliphatic carbocycles. The minimum atomic E-state index is -0.156. The van der Waals surface area contributed by atoms with Crippen molar-refractivity contribution in [1.82, 2.24) is 0 Å². The van der Waals surface area contributed by atoms with Gasteiger partial charge in [-0.05, 0) is 69.8 Å². The highest BCUT2D eigenvalue weighted by Crippen LogP contribution is 2.53. The van der Waals surface area contributed by atoms with Crippen molar-refractivity contribution in [2.75, 3.05) is 4.90 Å². The summed E-state index contributed by atoms with van der Waals surface area (Å²) in [5.74, 6) is 0. The molecule has 0 N–H and O–H groups in total. The summed E-state index contributed by atoms with van der Waals surface area (Å²) in [5.41, 5.74) is 16.1. The first kappa shape index (κ1) is 30.8. The Bertz CT molecular complexity index is 3090. The first-order valence-corrected chi connectivity index (χ1v) is 18.6. The van der Waals surface area contributed by atoms with E-state index in [0.29, 0.717) is 0 Å². The zero-order chi connectivity index (χ0) is 36.0. The first-order valence-electron chi connectivity index (χ1n) is 18.6. The van der Waals surface area contributed by atoms with Gasteiger partial charge >= 0.3 is 0 Å². The summed E-state index contributed by atoms with van der Waals surface area (Å²) in [4.78, 5) is 2.40. The van der Waals surface area contributed by atoms with Gasteiger partial charge in [-0.25, -0.2) is 0 Å². The van der Waals surface area contributed by atoms with Crippen LogP contribution in [0.4, 0.5) is 17.1 Å². The number of benzene rings is 8. The molecule has 0 unspecified atom stereocenters. The largest absolute Gasteiger partial charge is 0.455 e. The van der Waals surface area contributed by atoms with E-state index in [1.54, 1.807) is 0 Å². The highest BCUT2D eigenvalue weighted by Gasteiger charge is 2.36. The summed E-state index contributed by atoms with van der Waals surface area (Å²) in [6.07, 6.45) is 0. The molecule has 3 nitrogen and oxygen atoms in total. The Kier molecular flexibility index (Phi) is 6.60. The van der Waals surface area contributed by atoms with Crippen molar-refractivity contribution in [3.05, 3.63) is 187 Å². The predicted octanol–water partition coefficient (Wildman–Crippen LogP) is 14.6. The Hall–Kier alpha value is -6.84. The number of hydrogen-bond donors (Lipinski definition) is 0. The molecule has 11 rings (SSSR count). The van der Waals surface area contributed by atoms with E-state index in [1.807, 2.05) is 18.2 Å². The molecule has 2 heterocycles. The summed E-state index contributed by atoms with van der Waals surface area (Å²) in [6.45, 7) is 4.68. The molecule has 256 valence electrons. The number of furan rings is 2. The standard InChI is InChI=1S/C51H35NO2/c1-51(2)42-23-10-6-18-35(42)36-28-27-33(31-43(36)51)52(44-24-11-7-17-34(44)32-15-4-3-5-16-32)45-30-29-38(48-41-20-9-13-26-47(41)54-50(45)48)40-22-14-21-39-37-19-8-12-25-46(37)53-49(39)40/h3-31H,1-2H3. The van der Waals surface area contributed by atoms with Gasteiger partial charge in [0.25, 0.3) is 0 Å². The van der Waals surface area contributed by atoms with Crippen molar-refractivity contribution in [3.8, 4) is 33.4 Å². The SMILES string of the molecule is CC1(C)c2ccccc2-c2ccc(N(c3ccccc3-c3ccccc3)c3ccc(-c4cccc5c4oc4ccccc45)c4c3oc3ccccc34)cc21. The molecular weight excluding hydrogens is 659 g/mol. The van der Waals surface area contributed by atoms with Gasteiger partial charge in [-0.3, -0.25) is 0 Å². The van der Waals surface area contributed by atoms with Gasteiger partial charge in [-0.1, -0.05) is 153 Å². The fraction of sp³-hybridized carbons (Fsp3) is 0.0588. The predicted molar refractivity (Wildman–Crippen MR) is 224 cm³/mol. The van der Waals surface area contributed by atoms with Gasteiger partial charge < -0.3 is 13.7 Å². The Morgan fingerprint density at radius 1 is 0.407 bits per heavy atom. The molecule has 54 heavy (non-hydrogen) atoms. The summed E-state index contributed by atoms with van der Waals surface area (Å²) < 4.78 is 13.6. The van der Waals surface area contributed by atoms with Crippen LogP contribution >= 0.6 is 0 Å². The zero-order valence-corrected chi connectivity index (χ0v) is 30.0. The molecular formula is C51H35NO2. The lowest BCUT2D eigenvalue weighted by atomic mass is 9.82. The van der Waals surface area contributed by atoms with Crippen molar-refractivity contribution in [3.63, 3.8) is 0 Å². The number of anilines is 3. The molecule has 0 aliphatic heterocycles. The number of hydrogen-bond acceptors (Lipinski definition) is 3. The topological polar surface area (TPSA) is 29.5 Å². The maximum absolute atomic E-state index is 7.00. The molecule has 0 radical (unpaired) electrons.